The van der Waals surface area contributed by atoms with Gasteiger partial charge in [-0.3, -0.25) is 0 Å². The normalized spacial score (nSPS) is 31.2. The molecule has 1 N–H and O–H groups in total. The number of ether oxygens (including phenoxy) is 1. The van der Waals surface area contributed by atoms with Crippen molar-refractivity contribution < 1.29 is 9.15 Å². The van der Waals surface area contributed by atoms with Gasteiger partial charge in [0.1, 0.15) is 5.76 Å². The monoisotopic (exact) mass is 207 g/mol. The van der Waals surface area contributed by atoms with Crippen molar-refractivity contribution in [3.05, 3.63) is 23.7 Å². The molecule has 2 aliphatic rings. The minimum atomic E-state index is 0.0631. The Balaban J connectivity index is 1.98. The summed E-state index contributed by atoms with van der Waals surface area (Å²) in [6, 6.07) is 2.11. The van der Waals surface area contributed by atoms with Crippen LogP contribution in [0.25, 0.3) is 0 Å². The van der Waals surface area contributed by atoms with E-state index >= 15 is 0 Å². The van der Waals surface area contributed by atoms with Crippen molar-refractivity contribution in [1.29, 1.82) is 0 Å². The molecule has 15 heavy (non-hydrogen) atoms. The van der Waals surface area contributed by atoms with E-state index in [0.717, 1.165) is 45.4 Å². The van der Waals surface area contributed by atoms with Gasteiger partial charge in [0.05, 0.1) is 11.8 Å². The fourth-order valence-electron chi connectivity index (χ4n) is 2.82. The van der Waals surface area contributed by atoms with Crippen LogP contribution in [0.5, 0.6) is 0 Å². The zero-order chi connectivity index (χ0) is 10.1. The van der Waals surface area contributed by atoms with Crippen LogP contribution in [-0.4, -0.2) is 19.8 Å². The van der Waals surface area contributed by atoms with Gasteiger partial charge in [0.25, 0.3) is 0 Å². The molecule has 1 unspecified atom stereocenters. The molecule has 0 bridgehead atoms. The molecule has 3 nitrogen and oxygen atoms in total. The first kappa shape index (κ1) is 9.43. The molecule has 0 radical (unpaired) electrons. The Labute approximate surface area is 89.8 Å². The molecular formula is C12H17NO2. The summed E-state index contributed by atoms with van der Waals surface area (Å²) >= 11 is 0. The summed E-state index contributed by atoms with van der Waals surface area (Å²) in [5, 5.41) is 3.64. The standard InChI is InChI=1S/C12H17NO2/c1-4-12(5-9-14-7-1)11-10(2-6-13-12)3-8-15-11/h3,8,13H,1-2,4-7,9H2. The third kappa shape index (κ3) is 1.50. The van der Waals surface area contributed by atoms with Crippen molar-refractivity contribution in [2.45, 2.75) is 31.2 Å². The third-order valence-electron chi connectivity index (χ3n) is 3.60. The Kier molecular flexibility index (Phi) is 2.29. The Morgan fingerprint density at radius 2 is 2.27 bits per heavy atom. The number of nitrogens with one attached hydrogen (secondary N) is 1. The van der Waals surface area contributed by atoms with Crippen LogP contribution in [0.15, 0.2) is 16.7 Å². The molecule has 1 fully saturated rings. The molecule has 3 heterocycles. The zero-order valence-electron chi connectivity index (χ0n) is 8.92. The van der Waals surface area contributed by atoms with Crippen LogP contribution in [-0.2, 0) is 16.7 Å². The second kappa shape index (κ2) is 3.65. The van der Waals surface area contributed by atoms with E-state index in [4.69, 9.17) is 9.15 Å². The van der Waals surface area contributed by atoms with Crippen molar-refractivity contribution >= 4 is 0 Å². The van der Waals surface area contributed by atoms with Gasteiger partial charge in [0.2, 0.25) is 0 Å². The lowest BCUT2D eigenvalue weighted by Crippen LogP contribution is -2.47. The molecule has 3 heteroatoms. The highest BCUT2D eigenvalue weighted by Gasteiger charge is 2.39. The first-order chi connectivity index (χ1) is 7.41. The fraction of sp³-hybridized carbons (Fsp3) is 0.667. The van der Waals surface area contributed by atoms with E-state index < -0.39 is 0 Å². The van der Waals surface area contributed by atoms with Gasteiger partial charge < -0.3 is 14.5 Å². The SMILES string of the molecule is c1cc2c(o1)C1(CCCOCC1)NCC2. The van der Waals surface area contributed by atoms with Crippen LogP contribution in [0.1, 0.15) is 30.6 Å². The zero-order valence-corrected chi connectivity index (χ0v) is 8.92. The molecule has 0 aliphatic carbocycles. The van der Waals surface area contributed by atoms with Crippen LogP contribution < -0.4 is 5.32 Å². The Hall–Kier alpha value is -0.800. The van der Waals surface area contributed by atoms with Gasteiger partial charge in [-0.1, -0.05) is 0 Å². The minimum absolute atomic E-state index is 0.0631. The van der Waals surface area contributed by atoms with Gasteiger partial charge in [-0.05, 0) is 37.3 Å². The predicted molar refractivity (Wildman–Crippen MR) is 56.8 cm³/mol. The molecular weight excluding hydrogens is 190 g/mol. The number of rotatable bonds is 0. The van der Waals surface area contributed by atoms with E-state index in [9.17, 15) is 0 Å². The van der Waals surface area contributed by atoms with Crippen LogP contribution >= 0.6 is 0 Å². The summed E-state index contributed by atoms with van der Waals surface area (Å²) < 4.78 is 11.2. The maximum absolute atomic E-state index is 5.69. The van der Waals surface area contributed by atoms with Crippen molar-refractivity contribution in [2.24, 2.45) is 0 Å². The van der Waals surface area contributed by atoms with Crippen molar-refractivity contribution in [3.8, 4) is 0 Å². The van der Waals surface area contributed by atoms with Gasteiger partial charge in [0.15, 0.2) is 0 Å². The summed E-state index contributed by atoms with van der Waals surface area (Å²) in [6.45, 7) is 2.79. The molecule has 1 aromatic heterocycles. The molecule has 0 saturated carbocycles. The number of hydrogen-bond donors (Lipinski definition) is 1. The predicted octanol–water partition coefficient (Wildman–Crippen LogP) is 1.82. The first-order valence-corrected chi connectivity index (χ1v) is 5.80. The largest absolute Gasteiger partial charge is 0.467 e. The maximum Gasteiger partial charge on any atom is 0.127 e. The summed E-state index contributed by atoms with van der Waals surface area (Å²) in [6.07, 6.45) is 6.20. The summed E-state index contributed by atoms with van der Waals surface area (Å²) in [7, 11) is 0. The molecule has 1 spiro atoms. The molecule has 1 saturated heterocycles. The van der Waals surface area contributed by atoms with Gasteiger partial charge in [-0.2, -0.15) is 0 Å². The number of furan rings is 1. The lowest BCUT2D eigenvalue weighted by Gasteiger charge is -2.36. The summed E-state index contributed by atoms with van der Waals surface area (Å²) in [5.74, 6) is 1.17. The highest BCUT2D eigenvalue weighted by Crippen LogP contribution is 2.37. The highest BCUT2D eigenvalue weighted by molar-refractivity contribution is 5.28. The molecule has 0 aromatic carbocycles. The van der Waals surface area contributed by atoms with E-state index in [1.807, 2.05) is 6.26 Å². The third-order valence-corrected chi connectivity index (χ3v) is 3.60. The van der Waals surface area contributed by atoms with Crippen molar-refractivity contribution in [3.63, 3.8) is 0 Å². The topological polar surface area (TPSA) is 34.4 Å². The number of fused-ring (bicyclic) bond motifs is 2. The maximum atomic E-state index is 5.69. The summed E-state index contributed by atoms with van der Waals surface area (Å²) in [5.41, 5.74) is 1.45. The summed E-state index contributed by atoms with van der Waals surface area (Å²) in [4.78, 5) is 0. The Morgan fingerprint density at radius 1 is 1.27 bits per heavy atom. The second-order valence-corrected chi connectivity index (χ2v) is 4.50. The molecule has 0 amide bonds. The first-order valence-electron chi connectivity index (χ1n) is 5.80. The van der Waals surface area contributed by atoms with Crippen molar-refractivity contribution in [2.75, 3.05) is 19.8 Å². The quantitative estimate of drug-likeness (QED) is 0.704. The smallest absolute Gasteiger partial charge is 0.127 e. The average Bonchev–Trinajstić information content (AvgIpc) is 2.62. The lowest BCUT2D eigenvalue weighted by molar-refractivity contribution is 0.131. The fourth-order valence-corrected chi connectivity index (χ4v) is 2.82. The highest BCUT2D eigenvalue weighted by atomic mass is 16.5. The van der Waals surface area contributed by atoms with E-state index in [2.05, 4.69) is 11.4 Å². The average molecular weight is 207 g/mol. The second-order valence-electron chi connectivity index (χ2n) is 4.50. The van der Waals surface area contributed by atoms with Gasteiger partial charge in [-0.15, -0.1) is 0 Å². The van der Waals surface area contributed by atoms with Crippen LogP contribution in [0.4, 0.5) is 0 Å². The number of hydrogen-bond acceptors (Lipinski definition) is 3. The van der Waals surface area contributed by atoms with Crippen LogP contribution in [0, 0.1) is 0 Å². The van der Waals surface area contributed by atoms with Crippen LogP contribution in [0.3, 0.4) is 0 Å². The van der Waals surface area contributed by atoms with E-state index in [0.29, 0.717) is 0 Å². The minimum Gasteiger partial charge on any atom is -0.467 e. The van der Waals surface area contributed by atoms with E-state index in [1.54, 1.807) is 0 Å². The Bertz CT molecular complexity index is 337. The molecule has 82 valence electrons. The van der Waals surface area contributed by atoms with Gasteiger partial charge in [-0.25, -0.2) is 0 Å². The molecule has 1 atom stereocenters. The molecule has 3 rings (SSSR count). The van der Waals surface area contributed by atoms with Gasteiger partial charge in [0, 0.05) is 19.8 Å². The van der Waals surface area contributed by atoms with Crippen molar-refractivity contribution in [1.82, 2.24) is 5.32 Å². The Morgan fingerprint density at radius 3 is 3.27 bits per heavy atom. The van der Waals surface area contributed by atoms with E-state index in [1.165, 1.54) is 11.3 Å². The lowest BCUT2D eigenvalue weighted by atomic mass is 9.82. The van der Waals surface area contributed by atoms with Crippen LogP contribution in [0.2, 0.25) is 0 Å². The molecule has 2 aliphatic heterocycles. The van der Waals surface area contributed by atoms with Gasteiger partial charge >= 0.3 is 0 Å². The molecule has 1 aromatic rings. The van der Waals surface area contributed by atoms with E-state index in [-0.39, 0.29) is 5.54 Å².